The minimum absolute atomic E-state index is 0.174. The summed E-state index contributed by atoms with van der Waals surface area (Å²) < 4.78 is 25.8. The maximum Gasteiger partial charge on any atom is 0.131 e. The molecule has 0 saturated heterocycles. The van der Waals surface area contributed by atoms with Crippen LogP contribution in [0.25, 0.3) is 0 Å². The third-order valence-corrected chi connectivity index (χ3v) is 2.99. The Balaban J connectivity index is 2.61. The first-order valence-corrected chi connectivity index (χ1v) is 6.01. The fourth-order valence-electron chi connectivity index (χ4n) is 1.27. The standard InChI is InChI=1S/C11H14F2OS/c1-2-15-6-5-11(14)9-4-3-8(12)7-10(9)13/h3-4,7,11,14H,2,5-6H2,1H3. The topological polar surface area (TPSA) is 20.2 Å². The van der Waals surface area contributed by atoms with Gasteiger partial charge in [0.15, 0.2) is 0 Å². The molecule has 1 nitrogen and oxygen atoms in total. The van der Waals surface area contributed by atoms with E-state index in [-0.39, 0.29) is 5.56 Å². The Morgan fingerprint density at radius 3 is 2.73 bits per heavy atom. The molecule has 1 rings (SSSR count). The summed E-state index contributed by atoms with van der Waals surface area (Å²) in [5.41, 5.74) is 0.174. The number of aliphatic hydroxyl groups excluding tert-OH is 1. The summed E-state index contributed by atoms with van der Waals surface area (Å²) in [6.45, 7) is 2.02. The van der Waals surface area contributed by atoms with Crippen LogP contribution in [0.5, 0.6) is 0 Å². The minimum atomic E-state index is -0.843. The fourth-order valence-corrected chi connectivity index (χ4v) is 1.95. The lowest BCUT2D eigenvalue weighted by atomic mass is 10.1. The lowest BCUT2D eigenvalue weighted by Crippen LogP contribution is -2.02. The van der Waals surface area contributed by atoms with Gasteiger partial charge in [-0.2, -0.15) is 11.8 Å². The van der Waals surface area contributed by atoms with E-state index in [0.29, 0.717) is 6.42 Å². The van der Waals surface area contributed by atoms with Gasteiger partial charge in [-0.3, -0.25) is 0 Å². The van der Waals surface area contributed by atoms with Gasteiger partial charge in [0.2, 0.25) is 0 Å². The van der Waals surface area contributed by atoms with E-state index in [2.05, 4.69) is 0 Å². The number of aliphatic hydroxyl groups is 1. The first kappa shape index (κ1) is 12.5. The van der Waals surface area contributed by atoms with Gasteiger partial charge < -0.3 is 5.11 Å². The van der Waals surface area contributed by atoms with E-state index in [1.807, 2.05) is 6.92 Å². The van der Waals surface area contributed by atoms with Crippen molar-refractivity contribution in [2.75, 3.05) is 11.5 Å². The highest BCUT2D eigenvalue weighted by atomic mass is 32.2. The second-order valence-corrected chi connectivity index (χ2v) is 4.56. The fraction of sp³-hybridized carbons (Fsp3) is 0.455. The zero-order chi connectivity index (χ0) is 11.3. The molecule has 0 amide bonds. The molecule has 0 heterocycles. The summed E-state index contributed by atoms with van der Waals surface area (Å²) in [4.78, 5) is 0. The Hall–Kier alpha value is -0.610. The molecule has 0 radical (unpaired) electrons. The third kappa shape index (κ3) is 3.80. The quantitative estimate of drug-likeness (QED) is 0.787. The summed E-state index contributed by atoms with van der Waals surface area (Å²) in [5.74, 6) is 0.447. The second kappa shape index (κ2) is 6.08. The first-order chi connectivity index (χ1) is 7.15. The Morgan fingerprint density at radius 1 is 1.40 bits per heavy atom. The second-order valence-electron chi connectivity index (χ2n) is 3.17. The van der Waals surface area contributed by atoms with Crippen molar-refractivity contribution in [1.29, 1.82) is 0 Å². The molecule has 1 N–H and O–H groups in total. The molecule has 0 fully saturated rings. The molecule has 15 heavy (non-hydrogen) atoms. The summed E-state index contributed by atoms with van der Waals surface area (Å²) in [7, 11) is 0. The highest BCUT2D eigenvalue weighted by Gasteiger charge is 2.12. The molecule has 1 unspecified atom stereocenters. The molecule has 0 bridgehead atoms. The number of hydrogen-bond donors (Lipinski definition) is 1. The van der Waals surface area contributed by atoms with Crippen molar-refractivity contribution in [3.63, 3.8) is 0 Å². The van der Waals surface area contributed by atoms with Crippen molar-refractivity contribution >= 4 is 11.8 Å². The SMILES string of the molecule is CCSCCC(O)c1ccc(F)cc1F. The van der Waals surface area contributed by atoms with Crippen molar-refractivity contribution < 1.29 is 13.9 Å². The van der Waals surface area contributed by atoms with Gasteiger partial charge in [0.25, 0.3) is 0 Å². The highest BCUT2D eigenvalue weighted by Crippen LogP contribution is 2.22. The zero-order valence-electron chi connectivity index (χ0n) is 8.54. The molecule has 4 heteroatoms. The normalized spacial score (nSPS) is 12.8. The molecule has 84 valence electrons. The van der Waals surface area contributed by atoms with Crippen molar-refractivity contribution in [2.45, 2.75) is 19.4 Å². The Labute approximate surface area is 92.5 Å². The average Bonchev–Trinajstić information content (AvgIpc) is 2.17. The monoisotopic (exact) mass is 232 g/mol. The molecular formula is C11H14F2OS. The van der Waals surface area contributed by atoms with Gasteiger partial charge in [0, 0.05) is 11.6 Å². The van der Waals surface area contributed by atoms with E-state index >= 15 is 0 Å². The van der Waals surface area contributed by atoms with Crippen LogP contribution in [0.2, 0.25) is 0 Å². The van der Waals surface area contributed by atoms with Crippen LogP contribution in [-0.2, 0) is 0 Å². The van der Waals surface area contributed by atoms with Crippen LogP contribution >= 0.6 is 11.8 Å². The number of hydrogen-bond acceptors (Lipinski definition) is 2. The molecule has 0 aliphatic rings. The number of rotatable bonds is 5. The van der Waals surface area contributed by atoms with Gasteiger partial charge in [-0.1, -0.05) is 13.0 Å². The Morgan fingerprint density at radius 2 is 2.13 bits per heavy atom. The molecule has 1 atom stereocenters. The largest absolute Gasteiger partial charge is 0.388 e. The maximum absolute atomic E-state index is 13.2. The lowest BCUT2D eigenvalue weighted by Gasteiger charge is -2.11. The third-order valence-electron chi connectivity index (χ3n) is 2.06. The van der Waals surface area contributed by atoms with Crippen LogP contribution in [0.15, 0.2) is 18.2 Å². The highest BCUT2D eigenvalue weighted by molar-refractivity contribution is 7.99. The average molecular weight is 232 g/mol. The summed E-state index contributed by atoms with van der Waals surface area (Å²) in [5, 5.41) is 9.64. The van der Waals surface area contributed by atoms with Gasteiger partial charge in [-0.25, -0.2) is 8.78 Å². The van der Waals surface area contributed by atoms with Gasteiger partial charge >= 0.3 is 0 Å². The molecule has 1 aromatic carbocycles. The smallest absolute Gasteiger partial charge is 0.131 e. The van der Waals surface area contributed by atoms with E-state index in [1.165, 1.54) is 6.07 Å². The molecular weight excluding hydrogens is 218 g/mol. The van der Waals surface area contributed by atoms with E-state index in [9.17, 15) is 13.9 Å². The molecule has 0 spiro atoms. The Kier molecular flexibility index (Phi) is 5.05. The predicted octanol–water partition coefficient (Wildman–Crippen LogP) is 3.14. The van der Waals surface area contributed by atoms with Gasteiger partial charge in [0.1, 0.15) is 11.6 Å². The van der Waals surface area contributed by atoms with Gasteiger partial charge in [-0.05, 0) is 24.0 Å². The number of thioether (sulfide) groups is 1. The first-order valence-electron chi connectivity index (χ1n) is 4.86. The van der Waals surface area contributed by atoms with Crippen molar-refractivity contribution in [3.8, 4) is 0 Å². The number of benzene rings is 1. The molecule has 0 saturated carbocycles. The lowest BCUT2D eigenvalue weighted by molar-refractivity contribution is 0.170. The van der Waals surface area contributed by atoms with Crippen LogP contribution < -0.4 is 0 Å². The van der Waals surface area contributed by atoms with Crippen LogP contribution in [0.4, 0.5) is 8.78 Å². The summed E-state index contributed by atoms with van der Waals surface area (Å²) >= 11 is 1.68. The summed E-state index contributed by atoms with van der Waals surface area (Å²) in [6.07, 6.45) is -0.356. The number of halogens is 2. The molecule has 0 aliphatic heterocycles. The van der Waals surface area contributed by atoms with Crippen LogP contribution in [0, 0.1) is 11.6 Å². The zero-order valence-corrected chi connectivity index (χ0v) is 9.36. The Bertz CT molecular complexity index is 317. The van der Waals surface area contributed by atoms with Crippen molar-refractivity contribution in [3.05, 3.63) is 35.4 Å². The van der Waals surface area contributed by atoms with Crippen molar-refractivity contribution in [1.82, 2.24) is 0 Å². The van der Waals surface area contributed by atoms with Crippen LogP contribution in [0.3, 0.4) is 0 Å². The minimum Gasteiger partial charge on any atom is -0.388 e. The van der Waals surface area contributed by atoms with Gasteiger partial charge in [0.05, 0.1) is 6.10 Å². The molecule has 1 aromatic rings. The van der Waals surface area contributed by atoms with Gasteiger partial charge in [-0.15, -0.1) is 0 Å². The van der Waals surface area contributed by atoms with Crippen LogP contribution in [-0.4, -0.2) is 16.6 Å². The van der Waals surface area contributed by atoms with Crippen LogP contribution in [0.1, 0.15) is 25.0 Å². The van der Waals surface area contributed by atoms with E-state index in [0.717, 1.165) is 23.6 Å². The molecule has 0 aromatic heterocycles. The van der Waals surface area contributed by atoms with Crippen molar-refractivity contribution in [2.24, 2.45) is 0 Å². The van der Waals surface area contributed by atoms with E-state index < -0.39 is 17.7 Å². The maximum atomic E-state index is 13.2. The summed E-state index contributed by atoms with van der Waals surface area (Å²) in [6, 6.07) is 3.26. The molecule has 0 aliphatic carbocycles. The predicted molar refractivity (Wildman–Crippen MR) is 58.9 cm³/mol. The van der Waals surface area contributed by atoms with E-state index in [1.54, 1.807) is 11.8 Å². The van der Waals surface area contributed by atoms with E-state index in [4.69, 9.17) is 0 Å².